The zero-order valence-electron chi connectivity index (χ0n) is 14.2. The van der Waals surface area contributed by atoms with Crippen molar-refractivity contribution in [2.75, 3.05) is 0 Å². The summed E-state index contributed by atoms with van der Waals surface area (Å²) in [5.41, 5.74) is 0.103. The molecule has 8 nitrogen and oxygen atoms in total. The van der Waals surface area contributed by atoms with Crippen molar-refractivity contribution in [3.8, 4) is 5.13 Å². The highest BCUT2D eigenvalue weighted by Gasteiger charge is 2.36. The molecule has 0 aromatic carbocycles. The van der Waals surface area contributed by atoms with E-state index < -0.39 is 17.8 Å². The van der Waals surface area contributed by atoms with Crippen molar-refractivity contribution in [3.05, 3.63) is 52.7 Å². The molecule has 4 rings (SSSR count). The minimum Gasteiger partial charge on any atom is -0.437 e. The number of thiazole rings is 1. The summed E-state index contributed by atoms with van der Waals surface area (Å²) in [5, 5.41) is 7.68. The van der Waals surface area contributed by atoms with E-state index in [9.17, 15) is 18.0 Å². The molecule has 4 heterocycles. The van der Waals surface area contributed by atoms with E-state index >= 15 is 0 Å². The van der Waals surface area contributed by atoms with Crippen LogP contribution in [0.25, 0.3) is 16.4 Å². The van der Waals surface area contributed by atoms with Crippen LogP contribution in [0.3, 0.4) is 0 Å². The number of nitrogens with zero attached hydrogens (tertiary/aromatic N) is 5. The summed E-state index contributed by atoms with van der Waals surface area (Å²) < 4.78 is 45.5. The number of halogens is 3. The van der Waals surface area contributed by atoms with Crippen molar-refractivity contribution in [1.29, 1.82) is 0 Å². The molecule has 0 spiro atoms. The van der Waals surface area contributed by atoms with Gasteiger partial charge in [-0.1, -0.05) is 0 Å². The highest BCUT2D eigenvalue weighted by Crippen LogP contribution is 2.32. The van der Waals surface area contributed by atoms with Crippen LogP contribution in [0, 0.1) is 6.92 Å². The lowest BCUT2D eigenvalue weighted by atomic mass is 10.3. The summed E-state index contributed by atoms with van der Waals surface area (Å²) in [6.07, 6.45) is -3.02. The number of alkyl halides is 3. The Hall–Kier alpha value is -3.28. The van der Waals surface area contributed by atoms with Gasteiger partial charge in [0.1, 0.15) is 5.69 Å². The van der Waals surface area contributed by atoms with E-state index in [1.165, 1.54) is 12.3 Å². The second-order valence-electron chi connectivity index (χ2n) is 5.71. The van der Waals surface area contributed by atoms with Crippen LogP contribution in [0.1, 0.15) is 27.8 Å². The van der Waals surface area contributed by atoms with Gasteiger partial charge in [0.15, 0.2) is 16.9 Å². The Morgan fingerprint density at radius 1 is 1.36 bits per heavy atom. The number of carbonyl (C=O) groups excluding carboxylic acids is 1. The Kier molecular flexibility index (Phi) is 4.34. The Labute approximate surface area is 159 Å². The zero-order chi connectivity index (χ0) is 19.9. The molecule has 1 N–H and O–H groups in total. The summed E-state index contributed by atoms with van der Waals surface area (Å²) in [5.74, 6) is -0.324. The standard InChI is InChI=1S/C16H11F3N6O2S/c1-8-5-11(16(17,18)19)25(24-8)15-22-9(7-28-15)14(26)21-6-12-23-13-10(27-12)3-2-4-20-13/h2-5,7H,6H2,1H3,(H,21,26). The number of nitrogens with one attached hydrogen (secondary N) is 1. The Morgan fingerprint density at radius 2 is 2.18 bits per heavy atom. The molecular formula is C16H11F3N6O2S. The lowest BCUT2D eigenvalue weighted by molar-refractivity contribution is -0.142. The molecule has 0 saturated heterocycles. The third kappa shape index (κ3) is 3.45. The van der Waals surface area contributed by atoms with Crippen LogP contribution >= 0.6 is 11.3 Å². The van der Waals surface area contributed by atoms with Gasteiger partial charge in [-0.05, 0) is 25.1 Å². The van der Waals surface area contributed by atoms with E-state index in [0.29, 0.717) is 15.9 Å². The Morgan fingerprint density at radius 3 is 2.93 bits per heavy atom. The number of aryl methyl sites for hydroxylation is 1. The Balaban J connectivity index is 1.50. The second kappa shape index (κ2) is 6.71. The molecule has 1 amide bonds. The monoisotopic (exact) mass is 408 g/mol. The quantitative estimate of drug-likeness (QED) is 0.557. The van der Waals surface area contributed by atoms with Crippen molar-refractivity contribution in [3.63, 3.8) is 0 Å². The van der Waals surface area contributed by atoms with E-state index in [2.05, 4.69) is 25.4 Å². The fourth-order valence-electron chi connectivity index (χ4n) is 2.45. The first-order valence-corrected chi connectivity index (χ1v) is 8.77. The molecule has 0 atom stereocenters. The number of oxazole rings is 1. The molecule has 0 unspecified atom stereocenters. The van der Waals surface area contributed by atoms with Crippen molar-refractivity contribution >= 4 is 28.5 Å². The maximum Gasteiger partial charge on any atom is 0.433 e. The average molecular weight is 408 g/mol. The van der Waals surface area contributed by atoms with E-state index in [-0.39, 0.29) is 29.0 Å². The number of fused-ring (bicyclic) bond motifs is 1. The van der Waals surface area contributed by atoms with Crippen molar-refractivity contribution < 1.29 is 22.4 Å². The highest BCUT2D eigenvalue weighted by molar-refractivity contribution is 7.12. The first-order chi connectivity index (χ1) is 13.3. The van der Waals surface area contributed by atoms with Gasteiger partial charge in [-0.25, -0.2) is 14.6 Å². The summed E-state index contributed by atoms with van der Waals surface area (Å²) in [7, 11) is 0. The molecule has 12 heteroatoms. The first kappa shape index (κ1) is 18.1. The lowest BCUT2D eigenvalue weighted by Crippen LogP contribution is -2.23. The molecule has 4 aromatic rings. The second-order valence-corrected chi connectivity index (χ2v) is 6.55. The topological polar surface area (TPSA) is 98.7 Å². The van der Waals surface area contributed by atoms with Gasteiger partial charge in [0, 0.05) is 11.6 Å². The van der Waals surface area contributed by atoms with Gasteiger partial charge in [-0.3, -0.25) is 4.79 Å². The highest BCUT2D eigenvalue weighted by atomic mass is 32.1. The maximum absolute atomic E-state index is 13.1. The number of amides is 1. The summed E-state index contributed by atoms with van der Waals surface area (Å²) in [4.78, 5) is 24.4. The largest absolute Gasteiger partial charge is 0.437 e. The fraction of sp³-hybridized carbons (Fsp3) is 0.188. The summed E-state index contributed by atoms with van der Waals surface area (Å²) in [6, 6.07) is 4.30. The SMILES string of the molecule is Cc1cc(C(F)(F)F)n(-c2nc(C(=O)NCc3nc4ncccc4o3)cs2)n1. The van der Waals surface area contributed by atoms with Gasteiger partial charge in [-0.15, -0.1) is 11.3 Å². The van der Waals surface area contributed by atoms with Crippen molar-refractivity contribution in [1.82, 2.24) is 30.0 Å². The van der Waals surface area contributed by atoms with Crippen LogP contribution in [0.15, 0.2) is 34.2 Å². The lowest BCUT2D eigenvalue weighted by Gasteiger charge is -2.07. The number of hydrogen-bond acceptors (Lipinski definition) is 7. The molecule has 28 heavy (non-hydrogen) atoms. The Bertz CT molecular complexity index is 1130. The number of carbonyl (C=O) groups is 1. The summed E-state index contributed by atoms with van der Waals surface area (Å²) >= 11 is 0.880. The molecule has 0 radical (unpaired) electrons. The van der Waals surface area contributed by atoms with Crippen LogP contribution in [-0.4, -0.2) is 30.6 Å². The fourth-order valence-corrected chi connectivity index (χ4v) is 3.22. The molecule has 0 aliphatic carbocycles. The zero-order valence-corrected chi connectivity index (χ0v) is 15.0. The van der Waals surface area contributed by atoms with Crippen LogP contribution in [0.2, 0.25) is 0 Å². The smallest absolute Gasteiger partial charge is 0.433 e. The molecule has 0 aliphatic heterocycles. The third-order valence-electron chi connectivity index (χ3n) is 3.64. The molecular weight excluding hydrogens is 397 g/mol. The molecule has 0 fully saturated rings. The molecule has 0 bridgehead atoms. The average Bonchev–Trinajstić information content (AvgIpc) is 3.35. The predicted molar refractivity (Wildman–Crippen MR) is 91.9 cm³/mol. The van der Waals surface area contributed by atoms with Crippen molar-refractivity contribution in [2.24, 2.45) is 0 Å². The van der Waals surface area contributed by atoms with Crippen LogP contribution in [0.5, 0.6) is 0 Å². The minimum atomic E-state index is -4.59. The number of rotatable bonds is 4. The van der Waals surface area contributed by atoms with Crippen LogP contribution in [0.4, 0.5) is 13.2 Å². The maximum atomic E-state index is 13.1. The van der Waals surface area contributed by atoms with Gasteiger partial charge in [-0.2, -0.15) is 23.3 Å². The third-order valence-corrected chi connectivity index (χ3v) is 4.45. The van der Waals surface area contributed by atoms with Gasteiger partial charge >= 0.3 is 6.18 Å². The molecule has 0 saturated carbocycles. The minimum absolute atomic E-state index is 0.0171. The van der Waals surface area contributed by atoms with Crippen LogP contribution in [-0.2, 0) is 12.7 Å². The van der Waals surface area contributed by atoms with Crippen LogP contribution < -0.4 is 5.32 Å². The molecule has 0 aliphatic rings. The number of aromatic nitrogens is 5. The normalized spacial score (nSPS) is 11.9. The van der Waals surface area contributed by atoms with Gasteiger partial charge < -0.3 is 9.73 Å². The number of hydrogen-bond donors (Lipinski definition) is 1. The van der Waals surface area contributed by atoms with E-state index in [4.69, 9.17) is 4.42 Å². The van der Waals surface area contributed by atoms with Gasteiger partial charge in [0.2, 0.25) is 11.0 Å². The number of pyridine rings is 1. The van der Waals surface area contributed by atoms with E-state index in [0.717, 1.165) is 17.4 Å². The van der Waals surface area contributed by atoms with E-state index in [1.807, 2.05) is 0 Å². The van der Waals surface area contributed by atoms with Crippen molar-refractivity contribution in [2.45, 2.75) is 19.6 Å². The summed E-state index contributed by atoms with van der Waals surface area (Å²) in [6.45, 7) is 1.43. The van der Waals surface area contributed by atoms with Gasteiger partial charge in [0.05, 0.1) is 12.2 Å². The molecule has 4 aromatic heterocycles. The first-order valence-electron chi connectivity index (χ1n) is 7.89. The predicted octanol–water partition coefficient (Wildman–Crippen LogP) is 3.12. The molecule has 144 valence electrons. The van der Waals surface area contributed by atoms with E-state index in [1.54, 1.807) is 18.3 Å². The van der Waals surface area contributed by atoms with Gasteiger partial charge in [0.25, 0.3) is 5.91 Å².